The van der Waals surface area contributed by atoms with Crippen molar-refractivity contribution in [2.24, 2.45) is 5.73 Å². The molecule has 0 aliphatic carbocycles. The zero-order valence-electron chi connectivity index (χ0n) is 9.30. The Morgan fingerprint density at radius 1 is 1.59 bits per heavy atom. The van der Waals surface area contributed by atoms with Crippen LogP contribution < -0.4 is 11.1 Å². The number of carbonyl (C=O) groups excluding carboxylic acids is 1. The van der Waals surface area contributed by atoms with Gasteiger partial charge in [0, 0.05) is 12.3 Å². The lowest BCUT2D eigenvalue weighted by Gasteiger charge is -2.06. The number of nitrogens with zero attached hydrogens (tertiary/aromatic N) is 2. The van der Waals surface area contributed by atoms with Crippen LogP contribution in [0.25, 0.3) is 0 Å². The summed E-state index contributed by atoms with van der Waals surface area (Å²) < 4.78 is 4.93. The second-order valence-corrected chi connectivity index (χ2v) is 3.55. The van der Waals surface area contributed by atoms with Gasteiger partial charge in [0.05, 0.1) is 12.1 Å². The minimum atomic E-state index is -0.517. The molecule has 0 saturated heterocycles. The Morgan fingerprint density at radius 2 is 2.41 bits per heavy atom. The summed E-state index contributed by atoms with van der Waals surface area (Å²) in [5.74, 6) is 0.663. The normalized spacial score (nSPS) is 10.2. The van der Waals surface area contributed by atoms with E-state index in [-0.39, 0.29) is 0 Å². The van der Waals surface area contributed by atoms with E-state index in [1.165, 1.54) is 0 Å². The predicted molar refractivity (Wildman–Crippen MR) is 61.3 cm³/mol. The van der Waals surface area contributed by atoms with E-state index >= 15 is 0 Å². The molecule has 2 heterocycles. The first kappa shape index (κ1) is 11.1. The fourth-order valence-corrected chi connectivity index (χ4v) is 1.42. The van der Waals surface area contributed by atoms with E-state index in [9.17, 15) is 4.79 Å². The van der Waals surface area contributed by atoms with Gasteiger partial charge < -0.3 is 15.6 Å². The minimum absolute atomic E-state index is 0.354. The van der Waals surface area contributed by atoms with E-state index in [1.807, 2.05) is 6.92 Å². The van der Waals surface area contributed by atoms with Crippen molar-refractivity contribution in [2.75, 3.05) is 5.32 Å². The van der Waals surface area contributed by atoms with Crippen molar-refractivity contribution in [1.82, 2.24) is 10.1 Å². The second kappa shape index (κ2) is 4.65. The Hall–Kier alpha value is -2.37. The maximum absolute atomic E-state index is 11.1. The summed E-state index contributed by atoms with van der Waals surface area (Å²) in [6, 6.07) is 5.08. The average molecular weight is 232 g/mol. The van der Waals surface area contributed by atoms with Crippen molar-refractivity contribution in [3.05, 3.63) is 41.4 Å². The molecular weight excluding hydrogens is 220 g/mol. The summed E-state index contributed by atoms with van der Waals surface area (Å²) in [5.41, 5.74) is 6.33. The van der Waals surface area contributed by atoms with Gasteiger partial charge in [-0.25, -0.2) is 4.98 Å². The van der Waals surface area contributed by atoms with E-state index in [2.05, 4.69) is 15.5 Å². The first-order valence-corrected chi connectivity index (χ1v) is 5.07. The summed E-state index contributed by atoms with van der Waals surface area (Å²) in [7, 11) is 0. The number of carbonyl (C=O) groups is 1. The highest BCUT2D eigenvalue weighted by molar-refractivity contribution is 5.97. The molecule has 2 rings (SSSR count). The Balaban J connectivity index is 2.11. The summed E-state index contributed by atoms with van der Waals surface area (Å²) in [5, 5.41) is 6.81. The Bertz CT molecular complexity index is 536. The number of rotatable bonds is 4. The number of nitrogens with one attached hydrogen (secondary N) is 1. The summed E-state index contributed by atoms with van der Waals surface area (Å²) in [6.07, 6.45) is 1.59. The van der Waals surface area contributed by atoms with Crippen molar-refractivity contribution in [1.29, 1.82) is 0 Å². The third kappa shape index (κ3) is 2.60. The van der Waals surface area contributed by atoms with E-state index < -0.39 is 5.91 Å². The van der Waals surface area contributed by atoms with Gasteiger partial charge in [0.1, 0.15) is 17.3 Å². The molecule has 6 nitrogen and oxygen atoms in total. The van der Waals surface area contributed by atoms with Crippen LogP contribution in [0.1, 0.15) is 21.8 Å². The highest BCUT2D eigenvalue weighted by Gasteiger charge is 2.08. The van der Waals surface area contributed by atoms with Crippen LogP contribution in [-0.4, -0.2) is 16.0 Å². The number of pyridine rings is 1. The third-order valence-electron chi connectivity index (χ3n) is 2.19. The van der Waals surface area contributed by atoms with Crippen molar-refractivity contribution >= 4 is 11.7 Å². The van der Waals surface area contributed by atoms with E-state index in [1.54, 1.807) is 24.4 Å². The monoisotopic (exact) mass is 232 g/mol. The number of amides is 1. The van der Waals surface area contributed by atoms with Gasteiger partial charge in [-0.3, -0.25) is 4.79 Å². The molecule has 6 heteroatoms. The molecule has 0 bridgehead atoms. The number of nitrogens with two attached hydrogens (primary N) is 1. The fraction of sp³-hybridized carbons (Fsp3) is 0.182. The largest absolute Gasteiger partial charge is 0.365 e. The first-order chi connectivity index (χ1) is 8.16. The molecule has 0 radical (unpaired) electrons. The first-order valence-electron chi connectivity index (χ1n) is 5.07. The van der Waals surface area contributed by atoms with Crippen molar-refractivity contribution < 1.29 is 9.32 Å². The van der Waals surface area contributed by atoms with E-state index in [0.717, 1.165) is 11.5 Å². The standard InChI is InChI=1S/C11H12N4O2/c1-7-5-8(15-17-7)6-14-11-9(10(12)16)3-2-4-13-11/h2-5H,6H2,1H3,(H2,12,16)(H,13,14). The van der Waals surface area contributed by atoms with Crippen LogP contribution in [0.4, 0.5) is 5.82 Å². The molecule has 0 saturated carbocycles. The lowest BCUT2D eigenvalue weighted by atomic mass is 10.2. The van der Waals surface area contributed by atoms with Crippen LogP contribution in [0.15, 0.2) is 28.9 Å². The second-order valence-electron chi connectivity index (χ2n) is 3.55. The molecule has 88 valence electrons. The molecule has 0 atom stereocenters. The molecule has 2 aromatic rings. The molecule has 3 N–H and O–H groups in total. The lowest BCUT2D eigenvalue weighted by Crippen LogP contribution is -2.15. The zero-order chi connectivity index (χ0) is 12.3. The lowest BCUT2D eigenvalue weighted by molar-refractivity contribution is 0.100. The Labute approximate surface area is 97.8 Å². The highest BCUT2D eigenvalue weighted by Crippen LogP contribution is 2.12. The van der Waals surface area contributed by atoms with Gasteiger partial charge >= 0.3 is 0 Å². The topological polar surface area (TPSA) is 94.0 Å². The van der Waals surface area contributed by atoms with Gasteiger partial charge in [-0.2, -0.15) is 0 Å². The number of anilines is 1. The molecule has 17 heavy (non-hydrogen) atoms. The average Bonchev–Trinajstić information content (AvgIpc) is 2.73. The number of primary amides is 1. The van der Waals surface area contributed by atoms with Crippen LogP contribution in [0.2, 0.25) is 0 Å². The fourth-order valence-electron chi connectivity index (χ4n) is 1.42. The molecule has 0 aliphatic heterocycles. The number of aryl methyl sites for hydroxylation is 1. The Morgan fingerprint density at radius 3 is 3.06 bits per heavy atom. The van der Waals surface area contributed by atoms with Gasteiger partial charge in [-0.15, -0.1) is 0 Å². The van der Waals surface area contributed by atoms with E-state index in [4.69, 9.17) is 10.3 Å². The molecular formula is C11H12N4O2. The maximum atomic E-state index is 11.1. The third-order valence-corrected chi connectivity index (χ3v) is 2.19. The molecule has 2 aromatic heterocycles. The highest BCUT2D eigenvalue weighted by atomic mass is 16.5. The molecule has 0 spiro atoms. The number of hydrogen-bond donors (Lipinski definition) is 2. The van der Waals surface area contributed by atoms with Crippen LogP contribution in [-0.2, 0) is 6.54 Å². The van der Waals surface area contributed by atoms with Gasteiger partial charge in [0.15, 0.2) is 0 Å². The summed E-state index contributed by atoms with van der Waals surface area (Å²) >= 11 is 0. The Kier molecular flexibility index (Phi) is 3.04. The molecule has 1 amide bonds. The van der Waals surface area contributed by atoms with Crippen LogP contribution in [0, 0.1) is 6.92 Å². The molecule has 0 unspecified atom stereocenters. The SMILES string of the molecule is Cc1cc(CNc2ncccc2C(N)=O)no1. The summed E-state index contributed by atoms with van der Waals surface area (Å²) in [6.45, 7) is 2.24. The molecule has 0 aliphatic rings. The van der Waals surface area contributed by atoms with Crippen molar-refractivity contribution in [2.45, 2.75) is 13.5 Å². The van der Waals surface area contributed by atoms with Gasteiger partial charge in [0.25, 0.3) is 5.91 Å². The number of aromatic nitrogens is 2. The van der Waals surface area contributed by atoms with Gasteiger partial charge in [-0.1, -0.05) is 5.16 Å². The smallest absolute Gasteiger partial charge is 0.252 e. The van der Waals surface area contributed by atoms with Crippen molar-refractivity contribution in [3.63, 3.8) is 0 Å². The van der Waals surface area contributed by atoms with Crippen LogP contribution in [0.5, 0.6) is 0 Å². The van der Waals surface area contributed by atoms with Gasteiger partial charge in [0.2, 0.25) is 0 Å². The van der Waals surface area contributed by atoms with Crippen LogP contribution >= 0.6 is 0 Å². The van der Waals surface area contributed by atoms with Crippen molar-refractivity contribution in [3.8, 4) is 0 Å². The predicted octanol–water partition coefficient (Wildman–Crippen LogP) is 1.09. The quantitative estimate of drug-likeness (QED) is 0.822. The van der Waals surface area contributed by atoms with Crippen LogP contribution in [0.3, 0.4) is 0 Å². The summed E-state index contributed by atoms with van der Waals surface area (Å²) in [4.78, 5) is 15.2. The van der Waals surface area contributed by atoms with Gasteiger partial charge in [-0.05, 0) is 19.1 Å². The van der Waals surface area contributed by atoms with E-state index in [0.29, 0.717) is 17.9 Å². The minimum Gasteiger partial charge on any atom is -0.365 e. The molecule has 0 aromatic carbocycles. The maximum Gasteiger partial charge on any atom is 0.252 e. The molecule has 0 fully saturated rings. The number of hydrogen-bond acceptors (Lipinski definition) is 5. The zero-order valence-corrected chi connectivity index (χ0v) is 9.30.